The molecule has 0 N–H and O–H groups in total. The van der Waals surface area contributed by atoms with Gasteiger partial charge in [-0.15, -0.1) is 6.58 Å². The van der Waals surface area contributed by atoms with Crippen LogP contribution in [0.5, 0.6) is 0 Å². The maximum atomic E-state index is 6.58. The highest BCUT2D eigenvalue weighted by molar-refractivity contribution is 6.76. The minimum atomic E-state index is -1.16. The fourth-order valence-corrected chi connectivity index (χ4v) is 9.25. The van der Waals surface area contributed by atoms with E-state index in [2.05, 4.69) is 57.8 Å². The molecular formula is C23H45NO3Si2. The maximum Gasteiger partial charge on any atom is 0.157 e. The predicted molar refractivity (Wildman–Crippen MR) is 127 cm³/mol. The Labute approximate surface area is 181 Å². The Balaban J connectivity index is 1.68. The Bertz CT molecular complexity index is 565. The Morgan fingerprint density at radius 1 is 0.966 bits per heavy atom. The molecule has 0 aromatic heterocycles. The number of hydroxylamine groups is 2. The lowest BCUT2D eigenvalue weighted by atomic mass is 9.77. The second kappa shape index (κ2) is 9.25. The van der Waals surface area contributed by atoms with Crippen molar-refractivity contribution in [3.63, 3.8) is 0 Å². The van der Waals surface area contributed by atoms with Crippen LogP contribution in [0.15, 0.2) is 12.2 Å². The van der Waals surface area contributed by atoms with Crippen LogP contribution in [0.4, 0.5) is 0 Å². The molecule has 1 unspecified atom stereocenters. The van der Waals surface area contributed by atoms with Crippen LogP contribution >= 0.6 is 0 Å². The van der Waals surface area contributed by atoms with Gasteiger partial charge in [0.1, 0.15) is 0 Å². The monoisotopic (exact) mass is 439 g/mol. The molecule has 3 aliphatic heterocycles. The first kappa shape index (κ1) is 23.7. The van der Waals surface area contributed by atoms with Crippen molar-refractivity contribution >= 4 is 16.1 Å². The van der Waals surface area contributed by atoms with Crippen LogP contribution in [-0.4, -0.2) is 58.9 Å². The summed E-state index contributed by atoms with van der Waals surface area (Å²) in [6.45, 7) is 23.4. The van der Waals surface area contributed by atoms with Gasteiger partial charge in [-0.2, -0.15) is 5.06 Å². The average Bonchev–Trinajstić information content (AvgIpc) is 3.07. The molecule has 6 atom stereocenters. The van der Waals surface area contributed by atoms with Crippen LogP contribution in [0.2, 0.25) is 51.4 Å². The van der Waals surface area contributed by atoms with E-state index in [1.165, 1.54) is 17.7 Å². The smallest absolute Gasteiger partial charge is 0.157 e. The highest BCUT2D eigenvalue weighted by Gasteiger charge is 2.57. The molecule has 3 fully saturated rings. The Morgan fingerprint density at radius 3 is 2.21 bits per heavy atom. The van der Waals surface area contributed by atoms with Crippen LogP contribution in [0, 0.1) is 11.8 Å². The first-order valence-electron chi connectivity index (χ1n) is 11.8. The van der Waals surface area contributed by atoms with E-state index >= 15 is 0 Å². The number of hydrogen-bond donors (Lipinski definition) is 0. The van der Waals surface area contributed by atoms with Gasteiger partial charge in [0.25, 0.3) is 0 Å². The van der Waals surface area contributed by atoms with Crippen LogP contribution < -0.4 is 0 Å². The lowest BCUT2D eigenvalue weighted by Crippen LogP contribution is -2.49. The molecule has 3 saturated heterocycles. The molecule has 2 bridgehead atoms. The zero-order valence-electron chi connectivity index (χ0n) is 20.0. The van der Waals surface area contributed by atoms with Crippen molar-refractivity contribution in [1.82, 2.24) is 5.06 Å². The molecule has 3 rings (SSSR count). The third-order valence-electron chi connectivity index (χ3n) is 6.66. The van der Waals surface area contributed by atoms with E-state index in [0.29, 0.717) is 30.0 Å². The highest BCUT2D eigenvalue weighted by atomic mass is 28.3. The van der Waals surface area contributed by atoms with Crippen molar-refractivity contribution in [2.24, 2.45) is 11.8 Å². The zero-order valence-corrected chi connectivity index (χ0v) is 22.0. The predicted octanol–water partition coefficient (Wildman–Crippen LogP) is 5.77. The molecule has 4 nitrogen and oxygen atoms in total. The minimum absolute atomic E-state index is 0.0191. The molecule has 3 heterocycles. The fraction of sp³-hybridized carbons (Fsp3) is 0.913. The van der Waals surface area contributed by atoms with Gasteiger partial charge in [-0.3, -0.25) is 4.84 Å². The van der Waals surface area contributed by atoms with Crippen LogP contribution in [0.3, 0.4) is 0 Å². The normalized spacial score (nSPS) is 36.0. The van der Waals surface area contributed by atoms with Crippen molar-refractivity contribution in [2.45, 2.75) is 108 Å². The first-order valence-corrected chi connectivity index (χ1v) is 19.2. The maximum absolute atomic E-state index is 6.58. The van der Waals surface area contributed by atoms with Gasteiger partial charge in [-0.05, 0) is 31.7 Å². The number of hydrogen-bond acceptors (Lipinski definition) is 4. The molecule has 168 valence electrons. The number of piperidine rings is 1. The summed E-state index contributed by atoms with van der Waals surface area (Å²) in [6, 6.07) is 3.57. The van der Waals surface area contributed by atoms with Crippen LogP contribution in [0.25, 0.3) is 0 Å². The summed E-state index contributed by atoms with van der Waals surface area (Å²) >= 11 is 0. The molecule has 3 aliphatic rings. The standard InChI is InChI=1S/C23H45NO3Si2/c1-17(15-28(3,4)5)14-21-19(16-29(6,7)8)23-18(2)20(24(21)27-23)10-11-22-25-12-9-13-26-22/h18-23H,1,9-16H2,2-8H3/t18-,19-,20-,21-,23+/m1/s1. The van der Waals surface area contributed by atoms with Crippen LogP contribution in [-0.2, 0) is 14.3 Å². The van der Waals surface area contributed by atoms with Gasteiger partial charge in [-0.25, -0.2) is 0 Å². The molecule has 0 aliphatic carbocycles. The number of fused-ring (bicyclic) bond motifs is 2. The van der Waals surface area contributed by atoms with Crippen molar-refractivity contribution in [3.05, 3.63) is 12.2 Å². The van der Waals surface area contributed by atoms with Gasteiger partial charge in [0.2, 0.25) is 0 Å². The second-order valence-corrected chi connectivity index (χ2v) is 23.2. The van der Waals surface area contributed by atoms with E-state index < -0.39 is 16.1 Å². The summed E-state index contributed by atoms with van der Waals surface area (Å²) in [4.78, 5) is 6.58. The molecule has 0 spiro atoms. The van der Waals surface area contributed by atoms with E-state index in [1.54, 1.807) is 0 Å². The molecule has 0 saturated carbocycles. The SMILES string of the molecule is C=C(C[C@@H]1[C@@H](C[Si](C)(C)C)[C@H]2ON1[C@H](CCC1OCCCO1)[C@H]2C)C[Si](C)(C)C. The Hall–Kier alpha value is 0.0138. The van der Waals surface area contributed by atoms with Gasteiger partial charge in [0, 0.05) is 40.1 Å². The van der Waals surface area contributed by atoms with Crippen molar-refractivity contribution in [1.29, 1.82) is 0 Å². The van der Waals surface area contributed by atoms with Crippen molar-refractivity contribution < 1.29 is 14.3 Å². The van der Waals surface area contributed by atoms with E-state index in [4.69, 9.17) is 14.3 Å². The van der Waals surface area contributed by atoms with Gasteiger partial charge >= 0.3 is 0 Å². The lowest BCUT2D eigenvalue weighted by molar-refractivity contribution is -0.187. The summed E-state index contributed by atoms with van der Waals surface area (Å²) in [5.74, 6) is 1.25. The van der Waals surface area contributed by atoms with E-state index in [-0.39, 0.29) is 6.29 Å². The van der Waals surface area contributed by atoms with E-state index in [0.717, 1.165) is 38.9 Å². The first-order chi connectivity index (χ1) is 13.4. The summed E-state index contributed by atoms with van der Waals surface area (Å²) < 4.78 is 11.6. The molecule has 0 aromatic rings. The highest BCUT2D eigenvalue weighted by Crippen LogP contribution is 2.49. The Morgan fingerprint density at radius 2 is 1.62 bits per heavy atom. The number of ether oxygens (including phenoxy) is 2. The third kappa shape index (κ3) is 6.26. The van der Waals surface area contributed by atoms with Gasteiger partial charge < -0.3 is 9.47 Å². The van der Waals surface area contributed by atoms with Crippen molar-refractivity contribution in [2.75, 3.05) is 13.2 Å². The third-order valence-corrected chi connectivity index (χ3v) is 9.92. The molecule has 0 amide bonds. The molecule has 0 aromatic carbocycles. The van der Waals surface area contributed by atoms with Gasteiger partial charge in [0.05, 0.1) is 19.3 Å². The number of rotatable bonds is 9. The molecule has 6 heteroatoms. The lowest BCUT2D eigenvalue weighted by Gasteiger charge is -2.40. The van der Waals surface area contributed by atoms with Crippen molar-refractivity contribution in [3.8, 4) is 0 Å². The largest absolute Gasteiger partial charge is 0.353 e. The quantitative estimate of drug-likeness (QED) is 0.337. The van der Waals surface area contributed by atoms with E-state index in [1.807, 2.05) is 0 Å². The fourth-order valence-electron chi connectivity index (χ4n) is 5.68. The molecule has 0 radical (unpaired) electrons. The van der Waals surface area contributed by atoms with Gasteiger partial charge in [-0.1, -0.05) is 57.8 Å². The van der Waals surface area contributed by atoms with Crippen LogP contribution in [0.1, 0.15) is 32.6 Å². The summed E-state index contributed by atoms with van der Waals surface area (Å²) in [5, 5.41) is 2.42. The zero-order chi connectivity index (χ0) is 21.4. The number of nitrogens with zero attached hydrogens (tertiary/aromatic N) is 1. The Kier molecular flexibility index (Phi) is 7.55. The summed E-state index contributed by atoms with van der Waals surface area (Å²) in [5.41, 5.74) is 1.44. The topological polar surface area (TPSA) is 30.9 Å². The van der Waals surface area contributed by atoms with E-state index in [9.17, 15) is 0 Å². The average molecular weight is 440 g/mol. The molecular weight excluding hydrogens is 394 g/mol. The molecule has 29 heavy (non-hydrogen) atoms. The summed E-state index contributed by atoms with van der Waals surface area (Å²) in [6.07, 6.45) is 4.56. The minimum Gasteiger partial charge on any atom is -0.353 e. The van der Waals surface area contributed by atoms with Gasteiger partial charge in [0.15, 0.2) is 6.29 Å². The second-order valence-electron chi connectivity index (χ2n) is 12.1. The summed E-state index contributed by atoms with van der Waals surface area (Å²) in [7, 11) is -2.30.